The van der Waals surface area contributed by atoms with E-state index in [0.29, 0.717) is 0 Å². The topological polar surface area (TPSA) is 29.5 Å². The van der Waals surface area contributed by atoms with Crippen LogP contribution in [0.3, 0.4) is 0 Å². The molecule has 0 amide bonds. The first-order valence-corrected chi connectivity index (χ1v) is 21.8. The van der Waals surface area contributed by atoms with Crippen molar-refractivity contribution in [2.45, 2.75) is 0 Å². The summed E-state index contributed by atoms with van der Waals surface area (Å²) in [6, 6.07) is 76.2. The van der Waals surface area contributed by atoms with Gasteiger partial charge in [-0.3, -0.25) is 0 Å². The third-order valence-corrected chi connectivity index (χ3v) is 13.6. The van der Waals surface area contributed by atoms with Gasteiger partial charge in [-0.05, 0) is 112 Å². The quantitative estimate of drug-likeness (QED) is 0.168. The monoisotopic (exact) mass is 809 g/mol. The van der Waals surface area contributed by atoms with Gasteiger partial charge in [0.05, 0.1) is 0 Å². The van der Waals surface area contributed by atoms with Crippen LogP contribution < -0.4 is 4.90 Å². The average Bonchev–Trinajstić information content (AvgIpc) is 4.04. The highest BCUT2D eigenvalue weighted by atomic mass is 32.1. The van der Waals surface area contributed by atoms with Crippen LogP contribution in [0.15, 0.2) is 221 Å². The SMILES string of the molecule is c1ccc2c(c1)ccc1c2oc2cccc(-c3ccc(N(c4ccc(-c5cccc6oc7ccccc7c56)cc4)c4ccc(-c5cccc6sc7ccccc7c56)cc4)cc3)c21. The summed E-state index contributed by atoms with van der Waals surface area (Å²) in [4.78, 5) is 2.35. The van der Waals surface area contributed by atoms with Gasteiger partial charge in [0.25, 0.3) is 0 Å². The van der Waals surface area contributed by atoms with Gasteiger partial charge in [0.15, 0.2) is 0 Å². The number of benzene rings is 10. The second kappa shape index (κ2) is 13.8. The molecule has 0 unspecified atom stereocenters. The van der Waals surface area contributed by atoms with E-state index < -0.39 is 0 Å². The first kappa shape index (κ1) is 34.9. The van der Waals surface area contributed by atoms with Crippen molar-refractivity contribution in [3.63, 3.8) is 0 Å². The van der Waals surface area contributed by atoms with E-state index in [2.05, 4.69) is 205 Å². The Morgan fingerprint density at radius 1 is 0.306 bits per heavy atom. The van der Waals surface area contributed by atoms with Gasteiger partial charge in [-0.2, -0.15) is 0 Å². The summed E-state index contributed by atoms with van der Waals surface area (Å²) in [7, 11) is 0. The van der Waals surface area contributed by atoms with Crippen molar-refractivity contribution in [2.24, 2.45) is 0 Å². The lowest BCUT2D eigenvalue weighted by molar-refractivity contribution is 0.669. The maximum absolute atomic E-state index is 6.56. The summed E-state index contributed by atoms with van der Waals surface area (Å²) in [5.41, 5.74) is 13.9. The lowest BCUT2D eigenvalue weighted by Gasteiger charge is -2.26. The molecule has 0 spiro atoms. The molecule has 3 nitrogen and oxygen atoms in total. The van der Waals surface area contributed by atoms with Gasteiger partial charge in [0, 0.05) is 64.2 Å². The predicted molar refractivity (Wildman–Crippen MR) is 262 cm³/mol. The largest absolute Gasteiger partial charge is 0.456 e. The number of thiophene rings is 1. The Bertz CT molecular complexity index is 3700. The summed E-state index contributed by atoms with van der Waals surface area (Å²) in [6.45, 7) is 0. The van der Waals surface area contributed by atoms with Crippen LogP contribution in [0.25, 0.3) is 108 Å². The van der Waals surface area contributed by atoms with Crippen LogP contribution in [0.5, 0.6) is 0 Å². The first-order chi connectivity index (χ1) is 30.7. The second-order valence-electron chi connectivity index (χ2n) is 16.0. The van der Waals surface area contributed by atoms with E-state index in [1.165, 1.54) is 36.7 Å². The summed E-state index contributed by atoms with van der Waals surface area (Å²) in [5, 5.41) is 9.46. The highest BCUT2D eigenvalue weighted by molar-refractivity contribution is 7.25. The van der Waals surface area contributed by atoms with Crippen LogP contribution >= 0.6 is 11.3 Å². The fourth-order valence-electron chi connectivity index (χ4n) is 9.64. The van der Waals surface area contributed by atoms with Gasteiger partial charge in [-0.15, -0.1) is 11.3 Å². The highest BCUT2D eigenvalue weighted by Gasteiger charge is 2.19. The number of hydrogen-bond donors (Lipinski definition) is 0. The summed E-state index contributed by atoms with van der Waals surface area (Å²) >= 11 is 1.86. The van der Waals surface area contributed by atoms with E-state index in [1.807, 2.05) is 23.5 Å². The Labute approximate surface area is 360 Å². The van der Waals surface area contributed by atoms with Crippen LogP contribution in [0.2, 0.25) is 0 Å². The number of rotatable bonds is 6. The molecule has 0 fully saturated rings. The van der Waals surface area contributed by atoms with E-state index in [0.717, 1.165) is 88.6 Å². The molecule has 62 heavy (non-hydrogen) atoms. The Hall–Kier alpha value is -7.92. The van der Waals surface area contributed by atoms with Crippen LogP contribution in [0.1, 0.15) is 0 Å². The summed E-state index contributed by atoms with van der Waals surface area (Å²) in [6.07, 6.45) is 0. The Morgan fingerprint density at radius 3 is 1.45 bits per heavy atom. The average molecular weight is 810 g/mol. The van der Waals surface area contributed by atoms with Crippen LogP contribution in [0.4, 0.5) is 17.1 Å². The molecule has 3 aromatic heterocycles. The molecule has 0 saturated carbocycles. The molecule has 0 aliphatic heterocycles. The molecule has 290 valence electrons. The molecule has 13 rings (SSSR count). The van der Waals surface area contributed by atoms with Crippen LogP contribution in [-0.4, -0.2) is 0 Å². The molecule has 4 heteroatoms. The van der Waals surface area contributed by atoms with E-state index in [1.54, 1.807) is 0 Å². The third kappa shape index (κ3) is 5.44. The zero-order valence-electron chi connectivity index (χ0n) is 33.4. The molecular weight excluding hydrogens is 775 g/mol. The first-order valence-electron chi connectivity index (χ1n) is 21.0. The van der Waals surface area contributed by atoms with Crippen LogP contribution in [-0.2, 0) is 0 Å². The van der Waals surface area contributed by atoms with Crippen molar-refractivity contribution in [1.82, 2.24) is 0 Å². The van der Waals surface area contributed by atoms with Crippen molar-refractivity contribution in [3.8, 4) is 33.4 Å². The number of fused-ring (bicyclic) bond motifs is 11. The highest BCUT2D eigenvalue weighted by Crippen LogP contribution is 2.44. The maximum Gasteiger partial charge on any atom is 0.143 e. The molecule has 13 aromatic rings. The fraction of sp³-hybridized carbons (Fsp3) is 0. The number of nitrogens with zero attached hydrogens (tertiary/aromatic N) is 1. The molecule has 0 bridgehead atoms. The third-order valence-electron chi connectivity index (χ3n) is 12.5. The van der Waals surface area contributed by atoms with Gasteiger partial charge < -0.3 is 13.7 Å². The standard InChI is InChI=1S/C58H35NO2S/c1-2-11-46-36(10-1)28-35-49-56-44(15-8-19-52(56)61-58(46)49)38-24-31-41(32-25-38)59(40-29-22-37(23-30-40)43-14-7-18-51-55(43)47-12-3-5-17-50(47)60-51)42-33-26-39(27-34-42)45-16-9-21-54-57(45)48-13-4-6-20-53(48)62-54/h1-35H. The molecule has 0 aliphatic carbocycles. The van der Waals surface area contributed by atoms with E-state index in [9.17, 15) is 0 Å². The second-order valence-corrected chi connectivity index (χ2v) is 17.1. The normalized spacial score (nSPS) is 11.9. The molecule has 3 heterocycles. The lowest BCUT2D eigenvalue weighted by Crippen LogP contribution is -2.09. The minimum Gasteiger partial charge on any atom is -0.456 e. The number of furan rings is 2. The Balaban J connectivity index is 0.928. The Morgan fingerprint density at radius 2 is 0.790 bits per heavy atom. The summed E-state index contributed by atoms with van der Waals surface area (Å²) in [5.74, 6) is 0. The molecule has 10 aromatic carbocycles. The van der Waals surface area contributed by atoms with Gasteiger partial charge in [0.2, 0.25) is 0 Å². The van der Waals surface area contributed by atoms with Crippen LogP contribution in [0, 0.1) is 0 Å². The molecule has 0 atom stereocenters. The van der Waals surface area contributed by atoms with E-state index >= 15 is 0 Å². The molecule has 0 radical (unpaired) electrons. The van der Waals surface area contributed by atoms with Crippen molar-refractivity contribution in [2.75, 3.05) is 4.90 Å². The van der Waals surface area contributed by atoms with Gasteiger partial charge in [-0.1, -0.05) is 140 Å². The van der Waals surface area contributed by atoms with Crippen molar-refractivity contribution >= 4 is 103 Å². The fourth-order valence-corrected chi connectivity index (χ4v) is 10.8. The van der Waals surface area contributed by atoms with E-state index in [4.69, 9.17) is 8.83 Å². The van der Waals surface area contributed by atoms with Crippen molar-refractivity contribution in [3.05, 3.63) is 212 Å². The zero-order chi connectivity index (χ0) is 40.7. The number of anilines is 3. The smallest absolute Gasteiger partial charge is 0.143 e. The van der Waals surface area contributed by atoms with Crippen molar-refractivity contribution < 1.29 is 8.83 Å². The lowest BCUT2D eigenvalue weighted by atomic mass is 9.97. The Kier molecular flexibility index (Phi) is 7.78. The number of para-hydroxylation sites is 1. The zero-order valence-corrected chi connectivity index (χ0v) is 34.2. The summed E-state index contributed by atoms with van der Waals surface area (Å²) < 4.78 is 15.4. The predicted octanol–water partition coefficient (Wildman–Crippen LogP) is 17.5. The molecule has 0 saturated heterocycles. The number of hydrogen-bond acceptors (Lipinski definition) is 4. The van der Waals surface area contributed by atoms with E-state index in [-0.39, 0.29) is 0 Å². The maximum atomic E-state index is 6.56. The van der Waals surface area contributed by atoms with Gasteiger partial charge in [0.1, 0.15) is 22.3 Å². The van der Waals surface area contributed by atoms with Gasteiger partial charge >= 0.3 is 0 Å². The molecular formula is C58H35NO2S. The van der Waals surface area contributed by atoms with Gasteiger partial charge in [-0.25, -0.2) is 0 Å². The van der Waals surface area contributed by atoms with Crippen molar-refractivity contribution in [1.29, 1.82) is 0 Å². The molecule has 0 aliphatic rings. The minimum absolute atomic E-state index is 0.894. The minimum atomic E-state index is 0.894. The molecule has 0 N–H and O–H groups in total.